The summed E-state index contributed by atoms with van der Waals surface area (Å²) < 4.78 is 39.7. The highest BCUT2D eigenvalue weighted by atomic mass is 32.1. The number of carboxylic acid groups (broad SMARTS) is 1. The molecule has 4 rings (SSSR count). The van der Waals surface area contributed by atoms with Gasteiger partial charge in [0.15, 0.2) is 0 Å². The topological polar surface area (TPSA) is 52.6 Å². The Morgan fingerprint density at radius 3 is 2.62 bits per heavy atom. The number of aromatic carboxylic acids is 1. The summed E-state index contributed by atoms with van der Waals surface area (Å²) in [7, 11) is 0. The molecule has 0 bridgehead atoms. The molecule has 0 unspecified atom stereocenters. The van der Waals surface area contributed by atoms with Crippen molar-refractivity contribution in [2.75, 3.05) is 24.5 Å². The zero-order chi connectivity index (χ0) is 24.7. The zero-order valence-electron chi connectivity index (χ0n) is 19.5. The minimum absolute atomic E-state index is 0.0281. The van der Waals surface area contributed by atoms with E-state index in [9.17, 15) is 23.1 Å². The van der Waals surface area contributed by atoms with Crippen molar-refractivity contribution < 1.29 is 23.1 Å². The number of rotatable bonds is 5. The van der Waals surface area contributed by atoms with Gasteiger partial charge < -0.3 is 15.3 Å². The summed E-state index contributed by atoms with van der Waals surface area (Å²) in [6, 6.07) is 9.05. The highest BCUT2D eigenvalue weighted by Crippen LogP contribution is 2.39. The maximum Gasteiger partial charge on any atom is 0.416 e. The van der Waals surface area contributed by atoms with Crippen LogP contribution in [-0.4, -0.2) is 36.2 Å². The molecule has 0 saturated carbocycles. The van der Waals surface area contributed by atoms with Crippen LogP contribution in [0.1, 0.15) is 49.5 Å². The minimum Gasteiger partial charge on any atom is -0.478 e. The predicted octanol–water partition coefficient (Wildman–Crippen LogP) is 6.89. The Morgan fingerprint density at radius 1 is 1.18 bits per heavy atom. The molecule has 0 spiro atoms. The Bertz CT molecular complexity index is 1200. The van der Waals surface area contributed by atoms with Gasteiger partial charge in [0, 0.05) is 40.8 Å². The van der Waals surface area contributed by atoms with Crippen molar-refractivity contribution >= 4 is 33.1 Å². The SMILES string of the molecule is CC(C)(C)NC[C@H]1CCCN(c2ccc(-c3csc4cc(C(F)(F)F)ccc34)cc2C(=O)O)C1. The lowest BCUT2D eigenvalue weighted by molar-refractivity contribution is -0.137. The molecule has 34 heavy (non-hydrogen) atoms. The molecule has 2 aromatic carbocycles. The van der Waals surface area contributed by atoms with E-state index in [-0.39, 0.29) is 11.1 Å². The van der Waals surface area contributed by atoms with Crippen LogP contribution < -0.4 is 10.2 Å². The standard InChI is InChI=1S/C26H29F3N2O2S/c1-25(2,3)30-13-16-5-4-10-31(14-16)22-9-6-17(11-20(22)24(32)33)21-15-34-23-12-18(26(27,28)29)7-8-19(21)23/h6-9,11-12,15-16,30H,4-5,10,13-14H2,1-3H3,(H,32,33)/t16-/m1/s1. The molecule has 1 aliphatic rings. The fraction of sp³-hybridized carbons (Fsp3) is 0.423. The highest BCUT2D eigenvalue weighted by molar-refractivity contribution is 7.17. The van der Waals surface area contributed by atoms with E-state index in [1.165, 1.54) is 17.4 Å². The molecule has 0 radical (unpaired) electrons. The van der Waals surface area contributed by atoms with Crippen LogP contribution in [0.5, 0.6) is 0 Å². The molecular formula is C26H29F3N2O2S. The first kappa shape index (κ1) is 24.5. The second-order valence-electron chi connectivity index (χ2n) is 9.98. The van der Waals surface area contributed by atoms with Crippen molar-refractivity contribution in [1.82, 2.24) is 5.32 Å². The third-order valence-electron chi connectivity index (χ3n) is 6.22. The number of nitrogens with zero attached hydrogens (tertiary/aromatic N) is 1. The van der Waals surface area contributed by atoms with Crippen molar-refractivity contribution in [2.45, 2.75) is 45.3 Å². The van der Waals surface area contributed by atoms with E-state index in [0.29, 0.717) is 27.3 Å². The molecule has 1 aliphatic heterocycles. The number of fused-ring (bicyclic) bond motifs is 1. The highest BCUT2D eigenvalue weighted by Gasteiger charge is 2.31. The second-order valence-corrected chi connectivity index (χ2v) is 10.9. The smallest absolute Gasteiger partial charge is 0.416 e. The van der Waals surface area contributed by atoms with Crippen LogP contribution in [0, 0.1) is 5.92 Å². The summed E-state index contributed by atoms with van der Waals surface area (Å²) in [5, 5.41) is 16.0. The van der Waals surface area contributed by atoms with Crippen LogP contribution in [0.2, 0.25) is 0 Å². The van der Waals surface area contributed by atoms with Gasteiger partial charge in [-0.3, -0.25) is 0 Å². The van der Waals surface area contributed by atoms with Gasteiger partial charge in [-0.05, 0) is 74.7 Å². The molecule has 4 nitrogen and oxygen atoms in total. The van der Waals surface area contributed by atoms with E-state index in [1.54, 1.807) is 11.4 Å². The third kappa shape index (κ3) is 5.39. The molecular weight excluding hydrogens is 461 g/mol. The number of hydrogen-bond donors (Lipinski definition) is 2. The predicted molar refractivity (Wildman–Crippen MR) is 132 cm³/mol. The van der Waals surface area contributed by atoms with Gasteiger partial charge in [0.1, 0.15) is 0 Å². The van der Waals surface area contributed by atoms with E-state index in [4.69, 9.17) is 0 Å². The molecule has 2 N–H and O–H groups in total. The summed E-state index contributed by atoms with van der Waals surface area (Å²) >= 11 is 1.23. The lowest BCUT2D eigenvalue weighted by atomic mass is 9.94. The summed E-state index contributed by atoms with van der Waals surface area (Å²) in [4.78, 5) is 14.3. The molecule has 0 amide bonds. The van der Waals surface area contributed by atoms with Crippen LogP contribution in [0.3, 0.4) is 0 Å². The van der Waals surface area contributed by atoms with E-state index >= 15 is 0 Å². The van der Waals surface area contributed by atoms with E-state index in [2.05, 4.69) is 31.0 Å². The monoisotopic (exact) mass is 490 g/mol. The number of carboxylic acids is 1. The molecule has 8 heteroatoms. The van der Waals surface area contributed by atoms with Crippen LogP contribution >= 0.6 is 11.3 Å². The first-order valence-corrected chi connectivity index (χ1v) is 12.3. The van der Waals surface area contributed by atoms with Crippen molar-refractivity contribution in [3.05, 3.63) is 52.9 Å². The van der Waals surface area contributed by atoms with Gasteiger partial charge in [-0.2, -0.15) is 13.2 Å². The van der Waals surface area contributed by atoms with Crippen molar-refractivity contribution in [3.63, 3.8) is 0 Å². The van der Waals surface area contributed by atoms with Gasteiger partial charge in [-0.25, -0.2) is 4.79 Å². The number of hydrogen-bond acceptors (Lipinski definition) is 4. The van der Waals surface area contributed by atoms with Gasteiger partial charge in [0.25, 0.3) is 0 Å². The normalized spacial score (nSPS) is 17.4. The molecule has 1 saturated heterocycles. The summed E-state index contributed by atoms with van der Waals surface area (Å²) in [6.07, 6.45) is -2.31. The molecule has 3 aromatic rings. The Kier molecular flexibility index (Phi) is 6.66. The number of anilines is 1. The number of nitrogens with one attached hydrogen (secondary N) is 1. The first-order valence-electron chi connectivity index (χ1n) is 11.4. The van der Waals surface area contributed by atoms with Crippen LogP contribution in [0.25, 0.3) is 21.2 Å². The Balaban J connectivity index is 1.63. The fourth-order valence-electron chi connectivity index (χ4n) is 4.48. The van der Waals surface area contributed by atoms with E-state index in [0.717, 1.165) is 50.2 Å². The second kappa shape index (κ2) is 9.23. The number of benzene rings is 2. The lowest BCUT2D eigenvalue weighted by Crippen LogP contribution is -2.45. The lowest BCUT2D eigenvalue weighted by Gasteiger charge is -2.36. The third-order valence-corrected chi connectivity index (χ3v) is 7.17. The molecule has 2 heterocycles. The Labute approximate surface area is 201 Å². The number of carbonyl (C=O) groups is 1. The van der Waals surface area contributed by atoms with Gasteiger partial charge in [-0.1, -0.05) is 12.1 Å². The molecule has 182 valence electrons. The van der Waals surface area contributed by atoms with Crippen molar-refractivity contribution in [2.24, 2.45) is 5.92 Å². The molecule has 1 atom stereocenters. The quantitative estimate of drug-likeness (QED) is 0.409. The number of thiophene rings is 1. The summed E-state index contributed by atoms with van der Waals surface area (Å²) in [5.74, 6) is -0.580. The van der Waals surface area contributed by atoms with Crippen molar-refractivity contribution in [1.29, 1.82) is 0 Å². The van der Waals surface area contributed by atoms with E-state index in [1.807, 2.05) is 12.1 Å². The van der Waals surface area contributed by atoms with E-state index < -0.39 is 17.7 Å². The van der Waals surface area contributed by atoms with Crippen LogP contribution in [-0.2, 0) is 6.18 Å². The molecule has 1 fully saturated rings. The van der Waals surface area contributed by atoms with Gasteiger partial charge >= 0.3 is 12.1 Å². The summed E-state index contributed by atoms with van der Waals surface area (Å²) in [6.45, 7) is 8.85. The molecule has 1 aromatic heterocycles. The number of alkyl halides is 3. The van der Waals surface area contributed by atoms with Gasteiger partial charge in [0.05, 0.1) is 16.8 Å². The van der Waals surface area contributed by atoms with Gasteiger partial charge in [-0.15, -0.1) is 11.3 Å². The number of halogens is 3. The zero-order valence-corrected chi connectivity index (χ0v) is 20.3. The first-order chi connectivity index (χ1) is 15.9. The Morgan fingerprint density at radius 2 is 1.94 bits per heavy atom. The molecule has 0 aliphatic carbocycles. The Hall–Kier alpha value is -2.58. The average Bonchev–Trinajstić information content (AvgIpc) is 3.20. The average molecular weight is 491 g/mol. The van der Waals surface area contributed by atoms with Gasteiger partial charge in [0.2, 0.25) is 0 Å². The largest absolute Gasteiger partial charge is 0.478 e. The van der Waals surface area contributed by atoms with Crippen LogP contribution in [0.15, 0.2) is 41.8 Å². The summed E-state index contributed by atoms with van der Waals surface area (Å²) in [5.41, 5.74) is 1.68. The fourth-order valence-corrected chi connectivity index (χ4v) is 5.49. The van der Waals surface area contributed by atoms with Crippen molar-refractivity contribution in [3.8, 4) is 11.1 Å². The number of piperidine rings is 1. The maximum atomic E-state index is 13.1. The van der Waals surface area contributed by atoms with Crippen LogP contribution in [0.4, 0.5) is 18.9 Å². The minimum atomic E-state index is -4.40. The maximum absolute atomic E-state index is 13.1.